The van der Waals surface area contributed by atoms with Crippen LogP contribution in [0, 0.1) is 13.8 Å². The fourth-order valence-electron chi connectivity index (χ4n) is 2.09. The summed E-state index contributed by atoms with van der Waals surface area (Å²) in [5.74, 6) is 0.483. The van der Waals surface area contributed by atoms with E-state index in [4.69, 9.17) is 5.73 Å². The van der Waals surface area contributed by atoms with Gasteiger partial charge in [0.15, 0.2) is 5.96 Å². The standard InChI is InChI=1S/C15H26N4.HI/c1-5-19(6-2)8-7-17-15(16)18-14-10-12(3)9-13(4)11-14;/h9-11H,5-8H2,1-4H3,(H3,16,17,18);1H. The number of halogens is 1. The van der Waals surface area contributed by atoms with Crippen molar-refractivity contribution in [2.24, 2.45) is 10.7 Å². The molecule has 0 amide bonds. The highest BCUT2D eigenvalue weighted by atomic mass is 127. The van der Waals surface area contributed by atoms with Crippen molar-refractivity contribution in [1.29, 1.82) is 0 Å². The Kier molecular flexibility index (Phi) is 9.58. The lowest BCUT2D eigenvalue weighted by Gasteiger charge is -2.16. The van der Waals surface area contributed by atoms with Gasteiger partial charge in [0.1, 0.15) is 0 Å². The number of hydrogen-bond acceptors (Lipinski definition) is 2. The third-order valence-electron chi connectivity index (χ3n) is 3.09. The van der Waals surface area contributed by atoms with E-state index < -0.39 is 0 Å². The van der Waals surface area contributed by atoms with E-state index in [-0.39, 0.29) is 24.0 Å². The molecule has 0 radical (unpaired) electrons. The van der Waals surface area contributed by atoms with E-state index in [0.717, 1.165) is 31.9 Å². The zero-order valence-electron chi connectivity index (χ0n) is 12.9. The van der Waals surface area contributed by atoms with Crippen LogP contribution in [-0.2, 0) is 0 Å². The second kappa shape index (κ2) is 9.99. The number of benzene rings is 1. The van der Waals surface area contributed by atoms with Crippen LogP contribution in [0.5, 0.6) is 0 Å². The number of aliphatic imine (C=N–C) groups is 1. The molecule has 1 aromatic rings. The summed E-state index contributed by atoms with van der Waals surface area (Å²) in [4.78, 5) is 6.68. The lowest BCUT2D eigenvalue weighted by molar-refractivity contribution is 0.313. The van der Waals surface area contributed by atoms with E-state index in [9.17, 15) is 0 Å². The molecule has 0 fully saturated rings. The lowest BCUT2D eigenvalue weighted by atomic mass is 10.1. The van der Waals surface area contributed by atoms with Gasteiger partial charge in [-0.1, -0.05) is 19.9 Å². The third kappa shape index (κ3) is 7.09. The third-order valence-corrected chi connectivity index (χ3v) is 3.09. The summed E-state index contributed by atoms with van der Waals surface area (Å²) in [6.07, 6.45) is 0. The number of nitrogens with one attached hydrogen (secondary N) is 1. The van der Waals surface area contributed by atoms with Crippen molar-refractivity contribution in [1.82, 2.24) is 4.90 Å². The van der Waals surface area contributed by atoms with Crippen LogP contribution < -0.4 is 11.1 Å². The average molecular weight is 390 g/mol. The van der Waals surface area contributed by atoms with Gasteiger partial charge in [-0.3, -0.25) is 4.99 Å². The minimum absolute atomic E-state index is 0. The molecule has 4 nitrogen and oxygen atoms in total. The number of rotatable bonds is 6. The van der Waals surface area contributed by atoms with Gasteiger partial charge >= 0.3 is 0 Å². The molecule has 1 rings (SSSR count). The van der Waals surface area contributed by atoms with Crippen molar-refractivity contribution >= 4 is 35.6 Å². The van der Waals surface area contributed by atoms with Crippen molar-refractivity contribution < 1.29 is 0 Å². The summed E-state index contributed by atoms with van der Waals surface area (Å²) in [6.45, 7) is 12.2. The van der Waals surface area contributed by atoms with Crippen molar-refractivity contribution in [2.75, 3.05) is 31.5 Å². The molecule has 0 aromatic heterocycles. The highest BCUT2D eigenvalue weighted by Gasteiger charge is 1.99. The quantitative estimate of drug-likeness (QED) is 0.446. The van der Waals surface area contributed by atoms with Gasteiger partial charge in [-0.15, -0.1) is 24.0 Å². The first kappa shape index (κ1) is 19.2. The van der Waals surface area contributed by atoms with Gasteiger partial charge in [0.05, 0.1) is 6.54 Å². The first-order chi connectivity index (χ1) is 9.05. The Bertz CT molecular complexity index is 408. The summed E-state index contributed by atoms with van der Waals surface area (Å²) in [6, 6.07) is 6.28. The minimum atomic E-state index is 0. The average Bonchev–Trinajstić information content (AvgIpc) is 2.33. The van der Waals surface area contributed by atoms with Crippen LogP contribution in [0.4, 0.5) is 5.69 Å². The molecule has 0 aliphatic carbocycles. The Labute approximate surface area is 139 Å². The Hall–Kier alpha value is -0.820. The van der Waals surface area contributed by atoms with Crippen LogP contribution in [0.1, 0.15) is 25.0 Å². The van der Waals surface area contributed by atoms with E-state index in [1.165, 1.54) is 11.1 Å². The Balaban J connectivity index is 0.00000361. The van der Waals surface area contributed by atoms with Gasteiger partial charge in [-0.05, 0) is 50.2 Å². The summed E-state index contributed by atoms with van der Waals surface area (Å²) in [5.41, 5.74) is 9.34. The highest BCUT2D eigenvalue weighted by molar-refractivity contribution is 14.0. The Morgan fingerprint density at radius 3 is 2.20 bits per heavy atom. The maximum Gasteiger partial charge on any atom is 0.193 e. The SMILES string of the molecule is CCN(CC)CCN=C(N)Nc1cc(C)cc(C)c1.I. The molecule has 0 aliphatic rings. The van der Waals surface area contributed by atoms with E-state index in [1.807, 2.05) is 0 Å². The predicted octanol–water partition coefficient (Wildman–Crippen LogP) is 2.99. The molecule has 0 bridgehead atoms. The van der Waals surface area contributed by atoms with Crippen LogP contribution in [0.3, 0.4) is 0 Å². The Morgan fingerprint density at radius 2 is 1.70 bits per heavy atom. The molecule has 5 heteroatoms. The van der Waals surface area contributed by atoms with Crippen LogP contribution in [-0.4, -0.2) is 37.0 Å². The maximum absolute atomic E-state index is 5.90. The molecular weight excluding hydrogens is 363 g/mol. The van der Waals surface area contributed by atoms with Gasteiger partial charge in [-0.25, -0.2) is 0 Å². The number of aryl methyl sites for hydroxylation is 2. The van der Waals surface area contributed by atoms with E-state index in [1.54, 1.807) is 0 Å². The molecule has 0 spiro atoms. The number of likely N-dealkylation sites (N-methyl/N-ethyl adjacent to an activating group) is 1. The second-order valence-electron chi connectivity index (χ2n) is 4.80. The first-order valence-corrected chi connectivity index (χ1v) is 6.92. The van der Waals surface area contributed by atoms with Gasteiger partial charge < -0.3 is 16.0 Å². The predicted molar refractivity (Wildman–Crippen MR) is 99.2 cm³/mol. The van der Waals surface area contributed by atoms with Crippen LogP contribution >= 0.6 is 24.0 Å². The second-order valence-corrected chi connectivity index (χ2v) is 4.80. The molecule has 20 heavy (non-hydrogen) atoms. The number of nitrogens with two attached hydrogens (primary N) is 1. The van der Waals surface area contributed by atoms with Crippen molar-refractivity contribution in [3.63, 3.8) is 0 Å². The van der Waals surface area contributed by atoms with Gasteiger partial charge in [0.2, 0.25) is 0 Å². The number of guanidine groups is 1. The van der Waals surface area contributed by atoms with Gasteiger partial charge in [0, 0.05) is 12.2 Å². The lowest BCUT2D eigenvalue weighted by Crippen LogP contribution is -2.28. The molecule has 0 atom stereocenters. The maximum atomic E-state index is 5.90. The normalized spacial score (nSPS) is 11.3. The largest absolute Gasteiger partial charge is 0.370 e. The van der Waals surface area contributed by atoms with E-state index >= 15 is 0 Å². The fourth-order valence-corrected chi connectivity index (χ4v) is 2.09. The van der Waals surface area contributed by atoms with Gasteiger partial charge in [-0.2, -0.15) is 0 Å². The molecule has 0 heterocycles. The molecule has 114 valence electrons. The summed E-state index contributed by atoms with van der Waals surface area (Å²) in [5, 5.41) is 3.14. The number of hydrogen-bond donors (Lipinski definition) is 2. The summed E-state index contributed by atoms with van der Waals surface area (Å²) >= 11 is 0. The minimum Gasteiger partial charge on any atom is -0.370 e. The van der Waals surface area contributed by atoms with Crippen molar-refractivity contribution in [2.45, 2.75) is 27.7 Å². The zero-order chi connectivity index (χ0) is 14.3. The summed E-state index contributed by atoms with van der Waals surface area (Å²) < 4.78 is 0. The smallest absolute Gasteiger partial charge is 0.193 e. The molecule has 3 N–H and O–H groups in total. The Morgan fingerprint density at radius 1 is 1.15 bits per heavy atom. The number of nitrogens with zero attached hydrogens (tertiary/aromatic N) is 2. The zero-order valence-corrected chi connectivity index (χ0v) is 15.3. The fraction of sp³-hybridized carbons (Fsp3) is 0.533. The molecule has 0 unspecified atom stereocenters. The monoisotopic (exact) mass is 390 g/mol. The first-order valence-electron chi connectivity index (χ1n) is 6.92. The highest BCUT2D eigenvalue weighted by Crippen LogP contribution is 2.13. The van der Waals surface area contributed by atoms with Crippen molar-refractivity contribution in [3.8, 4) is 0 Å². The van der Waals surface area contributed by atoms with Crippen LogP contribution in [0.15, 0.2) is 23.2 Å². The van der Waals surface area contributed by atoms with E-state index in [0.29, 0.717) is 5.96 Å². The summed E-state index contributed by atoms with van der Waals surface area (Å²) in [7, 11) is 0. The molecule has 0 aliphatic heterocycles. The van der Waals surface area contributed by atoms with Gasteiger partial charge in [0.25, 0.3) is 0 Å². The van der Waals surface area contributed by atoms with Crippen LogP contribution in [0.25, 0.3) is 0 Å². The van der Waals surface area contributed by atoms with Crippen LogP contribution in [0.2, 0.25) is 0 Å². The molecule has 0 saturated heterocycles. The van der Waals surface area contributed by atoms with E-state index in [2.05, 4.69) is 61.1 Å². The molecule has 0 saturated carbocycles. The topological polar surface area (TPSA) is 53.6 Å². The molecular formula is C15H27IN4. The molecule has 1 aromatic carbocycles. The van der Waals surface area contributed by atoms with Crippen molar-refractivity contribution in [3.05, 3.63) is 29.3 Å². The number of anilines is 1.